The largest absolute Gasteiger partial charge is 0.383 e. The van der Waals surface area contributed by atoms with Crippen molar-refractivity contribution in [3.8, 4) is 11.3 Å². The van der Waals surface area contributed by atoms with Crippen LogP contribution in [0, 0.1) is 6.92 Å². The first kappa shape index (κ1) is 18.4. The van der Waals surface area contributed by atoms with Gasteiger partial charge in [0.15, 0.2) is 5.82 Å². The first-order valence-electron chi connectivity index (χ1n) is 9.11. The lowest BCUT2D eigenvalue weighted by Gasteiger charge is -2.10. The van der Waals surface area contributed by atoms with Crippen molar-refractivity contribution >= 4 is 34.1 Å². The second kappa shape index (κ2) is 7.23. The number of nitrogen functional groups attached to an aromatic ring is 1. The van der Waals surface area contributed by atoms with Gasteiger partial charge in [-0.05, 0) is 30.0 Å². The molecular weight excluding hydrogens is 366 g/mol. The van der Waals surface area contributed by atoms with Crippen molar-refractivity contribution in [3.63, 3.8) is 0 Å². The molecule has 1 amide bonds. The zero-order chi connectivity index (χ0) is 20.5. The SMILES string of the molecule is CNC(=O)c1cc(Nc2cc3cc(-c4ccccc4C)nc(N)c3cn2)nn1C. The van der Waals surface area contributed by atoms with Crippen LogP contribution >= 0.6 is 0 Å². The van der Waals surface area contributed by atoms with Crippen molar-refractivity contribution in [3.05, 3.63) is 59.9 Å². The van der Waals surface area contributed by atoms with Gasteiger partial charge in [0.25, 0.3) is 5.91 Å². The van der Waals surface area contributed by atoms with E-state index in [2.05, 4.69) is 25.7 Å². The summed E-state index contributed by atoms with van der Waals surface area (Å²) in [4.78, 5) is 20.8. The average Bonchev–Trinajstić information content (AvgIpc) is 3.07. The van der Waals surface area contributed by atoms with Crippen LogP contribution in [0.15, 0.2) is 48.7 Å². The van der Waals surface area contributed by atoms with E-state index in [1.807, 2.05) is 43.3 Å². The zero-order valence-electron chi connectivity index (χ0n) is 16.4. The summed E-state index contributed by atoms with van der Waals surface area (Å²) >= 11 is 0. The van der Waals surface area contributed by atoms with Gasteiger partial charge in [-0.1, -0.05) is 24.3 Å². The number of carbonyl (C=O) groups excluding carboxylic acids is 1. The van der Waals surface area contributed by atoms with Gasteiger partial charge in [0.2, 0.25) is 0 Å². The molecule has 0 bridgehead atoms. The zero-order valence-corrected chi connectivity index (χ0v) is 16.4. The van der Waals surface area contributed by atoms with Crippen LogP contribution in [-0.4, -0.2) is 32.7 Å². The van der Waals surface area contributed by atoms with Crippen LogP contribution < -0.4 is 16.4 Å². The lowest BCUT2D eigenvalue weighted by Crippen LogP contribution is -2.20. The molecule has 0 aliphatic heterocycles. The van der Waals surface area contributed by atoms with Crippen molar-refractivity contribution in [2.75, 3.05) is 18.1 Å². The van der Waals surface area contributed by atoms with E-state index in [-0.39, 0.29) is 5.91 Å². The smallest absolute Gasteiger partial charge is 0.269 e. The molecule has 8 heteroatoms. The highest BCUT2D eigenvalue weighted by Gasteiger charge is 2.13. The van der Waals surface area contributed by atoms with Crippen LogP contribution in [0.4, 0.5) is 17.5 Å². The van der Waals surface area contributed by atoms with E-state index < -0.39 is 0 Å². The Morgan fingerprint density at radius 2 is 1.93 bits per heavy atom. The molecular formula is C21H21N7O. The van der Waals surface area contributed by atoms with Gasteiger partial charge in [-0.15, -0.1) is 0 Å². The van der Waals surface area contributed by atoms with Crippen molar-refractivity contribution in [1.82, 2.24) is 25.1 Å². The quantitative estimate of drug-likeness (QED) is 0.496. The molecule has 146 valence electrons. The third-order valence-corrected chi connectivity index (χ3v) is 4.76. The summed E-state index contributed by atoms with van der Waals surface area (Å²) in [6.45, 7) is 2.04. The Bertz CT molecular complexity index is 1230. The molecule has 0 fully saturated rings. The molecule has 4 aromatic rings. The number of hydrogen-bond donors (Lipinski definition) is 3. The number of aryl methyl sites for hydroxylation is 2. The van der Waals surface area contributed by atoms with Gasteiger partial charge in [-0.25, -0.2) is 9.97 Å². The highest BCUT2D eigenvalue weighted by molar-refractivity contribution is 5.95. The predicted molar refractivity (Wildman–Crippen MR) is 114 cm³/mol. The van der Waals surface area contributed by atoms with Gasteiger partial charge in [0.05, 0.1) is 5.69 Å². The number of benzene rings is 1. The molecule has 0 saturated carbocycles. The number of anilines is 3. The minimum Gasteiger partial charge on any atom is -0.383 e. The van der Waals surface area contributed by atoms with Gasteiger partial charge < -0.3 is 16.4 Å². The van der Waals surface area contributed by atoms with Gasteiger partial charge in [-0.3, -0.25) is 9.48 Å². The molecule has 4 N–H and O–H groups in total. The molecule has 0 spiro atoms. The number of hydrogen-bond acceptors (Lipinski definition) is 6. The third-order valence-electron chi connectivity index (χ3n) is 4.76. The number of nitrogens with two attached hydrogens (primary N) is 1. The Kier molecular flexibility index (Phi) is 4.59. The highest BCUT2D eigenvalue weighted by Crippen LogP contribution is 2.29. The maximum Gasteiger partial charge on any atom is 0.269 e. The number of amides is 1. The van der Waals surface area contributed by atoms with E-state index in [4.69, 9.17) is 5.73 Å². The monoisotopic (exact) mass is 387 g/mol. The number of pyridine rings is 2. The van der Waals surface area contributed by atoms with Crippen molar-refractivity contribution in [2.24, 2.45) is 7.05 Å². The van der Waals surface area contributed by atoms with E-state index in [9.17, 15) is 4.79 Å². The normalized spacial score (nSPS) is 10.9. The lowest BCUT2D eigenvalue weighted by molar-refractivity contribution is 0.0954. The summed E-state index contributed by atoms with van der Waals surface area (Å²) in [5, 5.41) is 11.7. The lowest BCUT2D eigenvalue weighted by atomic mass is 10.0. The fraction of sp³-hybridized carbons (Fsp3) is 0.143. The molecule has 0 saturated heterocycles. The first-order valence-corrected chi connectivity index (χ1v) is 9.11. The van der Waals surface area contributed by atoms with E-state index in [1.165, 1.54) is 4.68 Å². The van der Waals surface area contributed by atoms with Crippen molar-refractivity contribution in [2.45, 2.75) is 6.92 Å². The molecule has 1 aromatic carbocycles. The predicted octanol–water partition coefficient (Wildman–Crippen LogP) is 3.02. The van der Waals surface area contributed by atoms with Gasteiger partial charge >= 0.3 is 0 Å². The fourth-order valence-corrected chi connectivity index (χ4v) is 3.24. The Hall–Kier alpha value is -3.94. The summed E-state index contributed by atoms with van der Waals surface area (Å²) < 4.78 is 1.51. The van der Waals surface area contributed by atoms with Gasteiger partial charge in [-0.2, -0.15) is 5.10 Å². The van der Waals surface area contributed by atoms with Crippen LogP contribution in [-0.2, 0) is 7.05 Å². The number of aromatic nitrogens is 4. The average molecular weight is 387 g/mol. The topological polar surface area (TPSA) is 111 Å². The molecule has 3 aromatic heterocycles. The number of nitrogens with one attached hydrogen (secondary N) is 2. The molecule has 3 heterocycles. The number of carbonyl (C=O) groups is 1. The summed E-state index contributed by atoms with van der Waals surface area (Å²) in [6.07, 6.45) is 1.68. The maximum absolute atomic E-state index is 11.9. The molecule has 0 aliphatic carbocycles. The highest BCUT2D eigenvalue weighted by atomic mass is 16.1. The molecule has 0 aliphatic rings. The molecule has 4 rings (SSSR count). The number of nitrogens with zero attached hydrogens (tertiary/aromatic N) is 4. The molecule has 0 radical (unpaired) electrons. The van der Waals surface area contributed by atoms with E-state index in [0.717, 1.165) is 27.6 Å². The van der Waals surface area contributed by atoms with Crippen LogP contribution in [0.5, 0.6) is 0 Å². The minimum absolute atomic E-state index is 0.207. The van der Waals surface area contributed by atoms with E-state index in [0.29, 0.717) is 23.1 Å². The molecule has 8 nitrogen and oxygen atoms in total. The number of rotatable bonds is 4. The second-order valence-corrected chi connectivity index (χ2v) is 6.74. The van der Waals surface area contributed by atoms with Gasteiger partial charge in [0.1, 0.15) is 17.3 Å². The van der Waals surface area contributed by atoms with E-state index in [1.54, 1.807) is 26.4 Å². The Morgan fingerprint density at radius 1 is 1.14 bits per heavy atom. The maximum atomic E-state index is 11.9. The standard InChI is InChI=1S/C21H21N7O/c1-12-6-4-5-7-14(12)16-8-13-9-18(24-11-15(13)20(22)25-16)26-19-10-17(21(29)23-2)28(3)27-19/h4-11H,1-3H3,(H2,22,25)(H,23,29)(H,24,26,27). The van der Waals surface area contributed by atoms with E-state index >= 15 is 0 Å². The molecule has 29 heavy (non-hydrogen) atoms. The van der Waals surface area contributed by atoms with Crippen LogP contribution in [0.3, 0.4) is 0 Å². The van der Waals surface area contributed by atoms with Crippen LogP contribution in [0.2, 0.25) is 0 Å². The molecule has 0 atom stereocenters. The van der Waals surface area contributed by atoms with Crippen LogP contribution in [0.25, 0.3) is 22.0 Å². The summed E-state index contributed by atoms with van der Waals surface area (Å²) in [5.74, 6) is 1.35. The Labute approximate surface area is 167 Å². The molecule has 0 unspecified atom stereocenters. The van der Waals surface area contributed by atoms with Crippen molar-refractivity contribution in [1.29, 1.82) is 0 Å². The first-order chi connectivity index (χ1) is 14.0. The van der Waals surface area contributed by atoms with Gasteiger partial charge in [0, 0.05) is 37.3 Å². The Balaban J connectivity index is 1.72. The second-order valence-electron chi connectivity index (χ2n) is 6.74. The number of fused-ring (bicyclic) bond motifs is 1. The Morgan fingerprint density at radius 3 is 2.69 bits per heavy atom. The summed E-state index contributed by atoms with van der Waals surface area (Å²) in [7, 11) is 3.29. The van der Waals surface area contributed by atoms with Crippen molar-refractivity contribution < 1.29 is 4.79 Å². The third kappa shape index (κ3) is 3.47. The summed E-state index contributed by atoms with van der Waals surface area (Å²) in [5.41, 5.74) is 9.61. The minimum atomic E-state index is -0.207. The fourth-order valence-electron chi connectivity index (χ4n) is 3.24. The summed E-state index contributed by atoms with van der Waals surface area (Å²) in [6, 6.07) is 13.6. The van der Waals surface area contributed by atoms with Crippen LogP contribution in [0.1, 0.15) is 16.1 Å².